The highest BCUT2D eigenvalue weighted by molar-refractivity contribution is 5.40. The van der Waals surface area contributed by atoms with Crippen LogP contribution in [0.1, 0.15) is 12.1 Å². The molecule has 1 aromatic heterocycles. The Labute approximate surface area is 115 Å². The molecule has 1 saturated heterocycles. The lowest BCUT2D eigenvalue weighted by atomic mass is 9.85. The SMILES string of the molecule is N#Cc1cnc(N2CCC(C(F)(F)F)(C(F)(F)F)C2)cn1. The van der Waals surface area contributed by atoms with Crippen LogP contribution < -0.4 is 4.90 Å². The second kappa shape index (κ2) is 4.75. The van der Waals surface area contributed by atoms with Crippen LogP contribution in [0.4, 0.5) is 32.2 Å². The van der Waals surface area contributed by atoms with Crippen molar-refractivity contribution in [3.8, 4) is 6.07 Å². The Bertz CT molecular complexity index is 542. The summed E-state index contributed by atoms with van der Waals surface area (Å²) in [4.78, 5) is 8.12. The average Bonchev–Trinajstić information content (AvgIpc) is 2.84. The van der Waals surface area contributed by atoms with Crippen molar-refractivity contribution in [3.63, 3.8) is 0 Å². The molecule has 10 heteroatoms. The maximum Gasteiger partial charge on any atom is 0.404 e. The highest BCUT2D eigenvalue weighted by atomic mass is 19.4. The molecule has 2 rings (SSSR count). The van der Waals surface area contributed by atoms with Gasteiger partial charge in [-0.2, -0.15) is 31.6 Å². The van der Waals surface area contributed by atoms with Gasteiger partial charge in [-0.15, -0.1) is 0 Å². The highest BCUT2D eigenvalue weighted by Gasteiger charge is 2.72. The number of halogens is 6. The minimum absolute atomic E-state index is 0.0733. The first-order valence-electron chi connectivity index (χ1n) is 5.71. The maximum atomic E-state index is 12.9. The molecule has 21 heavy (non-hydrogen) atoms. The van der Waals surface area contributed by atoms with Crippen molar-refractivity contribution in [2.45, 2.75) is 18.8 Å². The molecule has 0 saturated carbocycles. The summed E-state index contributed by atoms with van der Waals surface area (Å²) in [5.74, 6) is -0.121. The fourth-order valence-electron chi connectivity index (χ4n) is 2.17. The van der Waals surface area contributed by atoms with E-state index in [9.17, 15) is 26.3 Å². The number of alkyl halides is 6. The molecule has 1 aromatic rings. The predicted octanol–water partition coefficient (Wildman–Crippen LogP) is 2.67. The van der Waals surface area contributed by atoms with Crippen molar-refractivity contribution < 1.29 is 26.3 Å². The molecular weight excluding hydrogens is 302 g/mol. The molecule has 4 nitrogen and oxygen atoms in total. The normalized spacial score (nSPS) is 18.6. The Kier molecular flexibility index (Phi) is 3.47. The third kappa shape index (κ3) is 2.48. The number of hydrogen-bond acceptors (Lipinski definition) is 4. The number of nitriles is 1. The number of nitrogens with zero attached hydrogens (tertiary/aromatic N) is 4. The Morgan fingerprint density at radius 1 is 1.10 bits per heavy atom. The predicted molar refractivity (Wildman–Crippen MR) is 58.1 cm³/mol. The van der Waals surface area contributed by atoms with Crippen LogP contribution in [0.15, 0.2) is 12.4 Å². The summed E-state index contributed by atoms with van der Waals surface area (Å²) < 4.78 is 77.4. The zero-order valence-electron chi connectivity index (χ0n) is 10.3. The molecule has 1 fully saturated rings. The quantitative estimate of drug-likeness (QED) is 0.748. The molecule has 0 aromatic carbocycles. The van der Waals surface area contributed by atoms with Crippen LogP contribution >= 0.6 is 0 Å². The first kappa shape index (κ1) is 15.3. The Morgan fingerprint density at radius 2 is 1.71 bits per heavy atom. The van der Waals surface area contributed by atoms with Gasteiger partial charge in [-0.3, -0.25) is 0 Å². The van der Waals surface area contributed by atoms with E-state index in [0.717, 1.165) is 17.3 Å². The number of anilines is 1. The van der Waals surface area contributed by atoms with Crippen LogP contribution in [0.5, 0.6) is 0 Å². The van der Waals surface area contributed by atoms with Gasteiger partial charge in [0.25, 0.3) is 0 Å². The second-order valence-corrected chi connectivity index (χ2v) is 4.62. The summed E-state index contributed by atoms with van der Waals surface area (Å²) in [6.07, 6.45) is -9.92. The fraction of sp³-hybridized carbons (Fsp3) is 0.545. The first-order valence-corrected chi connectivity index (χ1v) is 5.71. The van der Waals surface area contributed by atoms with Crippen LogP contribution in [-0.4, -0.2) is 35.4 Å². The van der Waals surface area contributed by atoms with Gasteiger partial charge in [0.1, 0.15) is 11.9 Å². The minimum atomic E-state index is -5.40. The van der Waals surface area contributed by atoms with E-state index in [0.29, 0.717) is 0 Å². The molecule has 0 atom stereocenters. The standard InChI is InChI=1S/C11H8F6N4/c12-10(13,14)9(11(15,16)17)1-2-21(6-9)8-5-19-7(3-18)4-20-8/h4-5H,1-2,6H2. The van der Waals surface area contributed by atoms with Gasteiger partial charge < -0.3 is 4.90 Å². The molecule has 0 aliphatic carbocycles. The molecule has 114 valence electrons. The number of hydrogen-bond donors (Lipinski definition) is 0. The van der Waals surface area contributed by atoms with Crippen LogP contribution in [0.2, 0.25) is 0 Å². The van der Waals surface area contributed by atoms with E-state index < -0.39 is 37.3 Å². The van der Waals surface area contributed by atoms with E-state index in [1.165, 1.54) is 0 Å². The van der Waals surface area contributed by atoms with Crippen LogP contribution in [-0.2, 0) is 0 Å². The third-order valence-corrected chi connectivity index (χ3v) is 3.43. The summed E-state index contributed by atoms with van der Waals surface area (Å²) in [7, 11) is 0. The van der Waals surface area contributed by atoms with Crippen molar-refractivity contribution in [2.24, 2.45) is 5.41 Å². The summed E-state index contributed by atoms with van der Waals surface area (Å²) in [6, 6.07) is 1.66. The van der Waals surface area contributed by atoms with E-state index in [2.05, 4.69) is 9.97 Å². The summed E-state index contributed by atoms with van der Waals surface area (Å²) in [5.41, 5.74) is -3.84. The molecule has 2 heterocycles. The minimum Gasteiger partial charge on any atom is -0.354 e. The third-order valence-electron chi connectivity index (χ3n) is 3.43. The van der Waals surface area contributed by atoms with Crippen LogP contribution in [0.3, 0.4) is 0 Å². The van der Waals surface area contributed by atoms with Gasteiger partial charge in [-0.1, -0.05) is 0 Å². The molecule has 0 radical (unpaired) electrons. The molecular formula is C11H8F6N4. The van der Waals surface area contributed by atoms with Gasteiger partial charge in [0.15, 0.2) is 11.1 Å². The average molecular weight is 310 g/mol. The monoisotopic (exact) mass is 310 g/mol. The molecule has 0 unspecified atom stereocenters. The lowest BCUT2D eigenvalue weighted by Gasteiger charge is -2.33. The lowest BCUT2D eigenvalue weighted by molar-refractivity contribution is -0.332. The summed E-state index contributed by atoms with van der Waals surface area (Å²) in [5, 5.41) is 8.53. The van der Waals surface area contributed by atoms with Gasteiger partial charge in [-0.05, 0) is 6.42 Å². The molecule has 0 spiro atoms. The van der Waals surface area contributed by atoms with Gasteiger partial charge in [-0.25, -0.2) is 9.97 Å². The fourth-order valence-corrected chi connectivity index (χ4v) is 2.17. The molecule has 1 aliphatic rings. The lowest BCUT2D eigenvalue weighted by Crippen LogP contribution is -2.51. The van der Waals surface area contributed by atoms with Crippen LogP contribution in [0, 0.1) is 16.7 Å². The van der Waals surface area contributed by atoms with E-state index in [-0.39, 0.29) is 11.5 Å². The Hall–Kier alpha value is -2.05. The van der Waals surface area contributed by atoms with Crippen molar-refractivity contribution in [1.82, 2.24) is 9.97 Å². The first-order chi connectivity index (χ1) is 9.61. The molecule has 0 bridgehead atoms. The zero-order chi connectivity index (χ0) is 15.9. The topological polar surface area (TPSA) is 52.8 Å². The van der Waals surface area contributed by atoms with Gasteiger partial charge in [0, 0.05) is 13.1 Å². The number of aromatic nitrogens is 2. The van der Waals surface area contributed by atoms with Crippen molar-refractivity contribution in [1.29, 1.82) is 5.26 Å². The molecule has 1 aliphatic heterocycles. The van der Waals surface area contributed by atoms with Crippen molar-refractivity contribution >= 4 is 5.82 Å². The van der Waals surface area contributed by atoms with E-state index >= 15 is 0 Å². The Morgan fingerprint density at radius 3 is 2.10 bits per heavy atom. The van der Waals surface area contributed by atoms with Crippen LogP contribution in [0.25, 0.3) is 0 Å². The highest BCUT2D eigenvalue weighted by Crippen LogP contribution is 2.55. The maximum absolute atomic E-state index is 12.9. The van der Waals surface area contributed by atoms with Gasteiger partial charge >= 0.3 is 12.4 Å². The molecule has 0 amide bonds. The van der Waals surface area contributed by atoms with E-state index in [1.54, 1.807) is 6.07 Å². The van der Waals surface area contributed by atoms with Gasteiger partial charge in [0.05, 0.1) is 12.4 Å². The summed E-state index contributed by atoms with van der Waals surface area (Å²) in [6.45, 7) is -1.71. The van der Waals surface area contributed by atoms with E-state index in [4.69, 9.17) is 5.26 Å². The van der Waals surface area contributed by atoms with Crippen molar-refractivity contribution in [2.75, 3.05) is 18.0 Å². The smallest absolute Gasteiger partial charge is 0.354 e. The molecule has 0 N–H and O–H groups in total. The van der Waals surface area contributed by atoms with Crippen molar-refractivity contribution in [3.05, 3.63) is 18.1 Å². The second-order valence-electron chi connectivity index (χ2n) is 4.62. The largest absolute Gasteiger partial charge is 0.404 e. The number of rotatable bonds is 1. The summed E-state index contributed by atoms with van der Waals surface area (Å²) >= 11 is 0. The Balaban J connectivity index is 2.30. The van der Waals surface area contributed by atoms with Gasteiger partial charge in [0.2, 0.25) is 0 Å². The zero-order valence-corrected chi connectivity index (χ0v) is 10.3. The van der Waals surface area contributed by atoms with E-state index in [1.807, 2.05) is 0 Å².